The van der Waals surface area contributed by atoms with Gasteiger partial charge in [-0.15, -0.1) is 0 Å². The molecule has 0 saturated carbocycles. The number of halogens is 1. The number of amides is 2. The molecule has 5 nitrogen and oxygen atoms in total. The van der Waals surface area contributed by atoms with E-state index < -0.39 is 0 Å². The normalized spacial score (nSPS) is 10.2. The molecule has 1 N–H and O–H groups in total. The summed E-state index contributed by atoms with van der Waals surface area (Å²) in [5.74, 6) is -0.593. The predicted molar refractivity (Wildman–Crippen MR) is 80.7 cm³/mol. The maximum atomic E-state index is 12.2. The first-order valence-corrected chi connectivity index (χ1v) is 7.21. The molecule has 0 saturated heterocycles. The van der Waals surface area contributed by atoms with Gasteiger partial charge in [-0.1, -0.05) is 15.9 Å². The Hall–Kier alpha value is -1.56. The van der Waals surface area contributed by atoms with Gasteiger partial charge in [0, 0.05) is 24.6 Å². The summed E-state index contributed by atoms with van der Waals surface area (Å²) < 4.78 is 0.688. The molecular weight excluding hydrogens is 324 g/mol. The van der Waals surface area contributed by atoms with E-state index in [1.54, 1.807) is 18.0 Å². The Balaban J connectivity index is 2.79. The van der Waals surface area contributed by atoms with Crippen LogP contribution in [0.4, 0.5) is 0 Å². The topological polar surface area (TPSA) is 60.9 Å². The zero-order chi connectivity index (χ0) is 15.3. The maximum Gasteiger partial charge on any atom is 0.257 e. The summed E-state index contributed by atoms with van der Waals surface area (Å²) in [6.07, 6.45) is 0. The Labute approximate surface area is 127 Å². The molecular formula is C14H19BrN2O3. The second-order valence-corrected chi connectivity index (χ2v) is 5.30. The van der Waals surface area contributed by atoms with Crippen LogP contribution in [0.3, 0.4) is 0 Å². The molecule has 0 aliphatic rings. The van der Waals surface area contributed by atoms with Crippen molar-refractivity contribution in [2.75, 3.05) is 26.7 Å². The van der Waals surface area contributed by atoms with Crippen LogP contribution in [0, 0.1) is 0 Å². The molecule has 0 aliphatic heterocycles. The van der Waals surface area contributed by atoms with Crippen molar-refractivity contribution in [1.29, 1.82) is 0 Å². The van der Waals surface area contributed by atoms with Crippen molar-refractivity contribution in [3.63, 3.8) is 0 Å². The number of phenols is 1. The summed E-state index contributed by atoms with van der Waals surface area (Å²) in [7, 11) is 1.55. The van der Waals surface area contributed by atoms with Gasteiger partial charge in [0.05, 0.1) is 12.1 Å². The molecule has 0 bridgehead atoms. The Morgan fingerprint density at radius 2 is 1.85 bits per heavy atom. The molecule has 0 radical (unpaired) electrons. The summed E-state index contributed by atoms with van der Waals surface area (Å²) in [5, 5.41) is 9.77. The standard InChI is InChI=1S/C14H19BrN2O3/c1-4-17(5-2)13(19)9-16(3)14(20)11-7-6-10(15)8-12(11)18/h6-8,18H,4-5,9H2,1-3H3. The average Bonchev–Trinajstić information content (AvgIpc) is 2.39. The smallest absolute Gasteiger partial charge is 0.257 e. The van der Waals surface area contributed by atoms with Gasteiger partial charge in [0.2, 0.25) is 5.91 Å². The number of likely N-dealkylation sites (N-methyl/N-ethyl adjacent to an activating group) is 2. The van der Waals surface area contributed by atoms with E-state index in [0.29, 0.717) is 17.6 Å². The van der Waals surface area contributed by atoms with E-state index in [2.05, 4.69) is 15.9 Å². The Morgan fingerprint density at radius 1 is 1.25 bits per heavy atom. The Bertz CT molecular complexity index is 501. The van der Waals surface area contributed by atoms with E-state index in [-0.39, 0.29) is 29.7 Å². The number of hydrogen-bond donors (Lipinski definition) is 1. The fraction of sp³-hybridized carbons (Fsp3) is 0.429. The number of nitrogens with zero attached hydrogens (tertiary/aromatic N) is 2. The van der Waals surface area contributed by atoms with E-state index in [9.17, 15) is 14.7 Å². The fourth-order valence-corrected chi connectivity index (χ4v) is 2.19. The van der Waals surface area contributed by atoms with Gasteiger partial charge >= 0.3 is 0 Å². The SMILES string of the molecule is CCN(CC)C(=O)CN(C)C(=O)c1ccc(Br)cc1O. The van der Waals surface area contributed by atoms with Crippen molar-refractivity contribution in [2.24, 2.45) is 0 Å². The maximum absolute atomic E-state index is 12.2. The van der Waals surface area contributed by atoms with E-state index >= 15 is 0 Å². The molecule has 0 aliphatic carbocycles. The van der Waals surface area contributed by atoms with Crippen LogP contribution in [-0.4, -0.2) is 53.4 Å². The summed E-state index contributed by atoms with van der Waals surface area (Å²) >= 11 is 3.21. The first-order chi connectivity index (χ1) is 9.40. The van der Waals surface area contributed by atoms with Gasteiger partial charge in [-0.25, -0.2) is 0 Å². The van der Waals surface area contributed by atoms with Crippen LogP contribution < -0.4 is 0 Å². The van der Waals surface area contributed by atoms with Gasteiger partial charge in [0.25, 0.3) is 5.91 Å². The van der Waals surface area contributed by atoms with E-state index in [1.165, 1.54) is 17.0 Å². The highest BCUT2D eigenvalue weighted by Crippen LogP contribution is 2.23. The predicted octanol–water partition coefficient (Wildman–Crippen LogP) is 2.10. The van der Waals surface area contributed by atoms with Crippen molar-refractivity contribution >= 4 is 27.7 Å². The third kappa shape index (κ3) is 3.96. The zero-order valence-electron chi connectivity index (χ0n) is 11.9. The third-order valence-electron chi connectivity index (χ3n) is 3.03. The number of rotatable bonds is 5. The molecule has 0 aromatic heterocycles. The van der Waals surface area contributed by atoms with Crippen LogP contribution in [0.25, 0.3) is 0 Å². The monoisotopic (exact) mass is 342 g/mol. The zero-order valence-corrected chi connectivity index (χ0v) is 13.5. The number of carbonyl (C=O) groups excluding carboxylic acids is 2. The molecule has 0 unspecified atom stereocenters. The first kappa shape index (κ1) is 16.5. The first-order valence-electron chi connectivity index (χ1n) is 6.42. The number of hydrogen-bond acceptors (Lipinski definition) is 3. The van der Waals surface area contributed by atoms with Gasteiger partial charge in [-0.3, -0.25) is 9.59 Å². The molecule has 0 heterocycles. The van der Waals surface area contributed by atoms with Crippen molar-refractivity contribution < 1.29 is 14.7 Å². The lowest BCUT2D eigenvalue weighted by Gasteiger charge is -2.23. The number of benzene rings is 1. The van der Waals surface area contributed by atoms with Crippen molar-refractivity contribution in [2.45, 2.75) is 13.8 Å². The van der Waals surface area contributed by atoms with Gasteiger partial charge in [-0.2, -0.15) is 0 Å². The Kier molecular flexibility index (Phi) is 6.01. The summed E-state index contributed by atoms with van der Waals surface area (Å²) in [6.45, 7) is 5.01. The molecule has 0 fully saturated rings. The second-order valence-electron chi connectivity index (χ2n) is 4.39. The number of carbonyl (C=O) groups is 2. The summed E-state index contributed by atoms with van der Waals surface area (Å²) in [6, 6.07) is 4.65. The van der Waals surface area contributed by atoms with Crippen molar-refractivity contribution in [1.82, 2.24) is 9.80 Å². The molecule has 1 aromatic rings. The molecule has 110 valence electrons. The minimum atomic E-state index is -0.379. The fourth-order valence-electron chi connectivity index (χ4n) is 1.84. The largest absolute Gasteiger partial charge is 0.507 e. The lowest BCUT2D eigenvalue weighted by atomic mass is 10.2. The average molecular weight is 343 g/mol. The molecule has 6 heteroatoms. The van der Waals surface area contributed by atoms with Crippen LogP contribution in [0.5, 0.6) is 5.75 Å². The van der Waals surface area contributed by atoms with Gasteiger partial charge < -0.3 is 14.9 Å². The molecule has 1 rings (SSSR count). The minimum absolute atomic E-state index is 0.00395. The highest BCUT2D eigenvalue weighted by Gasteiger charge is 2.20. The highest BCUT2D eigenvalue weighted by molar-refractivity contribution is 9.10. The van der Waals surface area contributed by atoms with Crippen molar-refractivity contribution in [3.05, 3.63) is 28.2 Å². The molecule has 2 amide bonds. The second kappa shape index (κ2) is 7.28. The van der Waals surface area contributed by atoms with Gasteiger partial charge in [0.1, 0.15) is 5.75 Å². The number of aromatic hydroxyl groups is 1. The van der Waals surface area contributed by atoms with E-state index in [1.807, 2.05) is 13.8 Å². The lowest BCUT2D eigenvalue weighted by molar-refractivity contribution is -0.131. The van der Waals surface area contributed by atoms with Gasteiger partial charge in [0.15, 0.2) is 0 Å². The lowest BCUT2D eigenvalue weighted by Crippen LogP contribution is -2.41. The number of phenolic OH excluding ortho intramolecular Hbond substituents is 1. The van der Waals surface area contributed by atoms with Crippen LogP contribution in [0.2, 0.25) is 0 Å². The van der Waals surface area contributed by atoms with Crippen LogP contribution in [-0.2, 0) is 4.79 Å². The van der Waals surface area contributed by atoms with Crippen LogP contribution >= 0.6 is 15.9 Å². The van der Waals surface area contributed by atoms with E-state index in [4.69, 9.17) is 0 Å². The summed E-state index contributed by atoms with van der Waals surface area (Å²) in [5.41, 5.74) is 0.183. The Morgan fingerprint density at radius 3 is 2.35 bits per heavy atom. The van der Waals surface area contributed by atoms with Crippen LogP contribution in [0.1, 0.15) is 24.2 Å². The third-order valence-corrected chi connectivity index (χ3v) is 3.52. The summed E-state index contributed by atoms with van der Waals surface area (Å²) in [4.78, 5) is 27.1. The molecule has 20 heavy (non-hydrogen) atoms. The molecule has 1 aromatic carbocycles. The quantitative estimate of drug-likeness (QED) is 0.891. The highest BCUT2D eigenvalue weighted by atomic mass is 79.9. The van der Waals surface area contributed by atoms with E-state index in [0.717, 1.165) is 0 Å². The molecule has 0 spiro atoms. The van der Waals surface area contributed by atoms with Crippen molar-refractivity contribution in [3.8, 4) is 5.75 Å². The van der Waals surface area contributed by atoms with Crippen LogP contribution in [0.15, 0.2) is 22.7 Å². The van der Waals surface area contributed by atoms with Gasteiger partial charge in [-0.05, 0) is 32.0 Å². The molecule has 0 atom stereocenters. The minimum Gasteiger partial charge on any atom is -0.507 e.